The molecule has 2 aromatic carbocycles. The largest absolute Gasteiger partial charge is 0.495 e. The number of carbonyl (C=O) groups excluding carboxylic acids is 1. The highest BCUT2D eigenvalue weighted by Crippen LogP contribution is 2.24. The summed E-state index contributed by atoms with van der Waals surface area (Å²) in [6.07, 6.45) is 0. The second-order valence-electron chi connectivity index (χ2n) is 5.24. The van der Waals surface area contributed by atoms with Gasteiger partial charge in [-0.3, -0.25) is 4.79 Å². The van der Waals surface area contributed by atoms with Crippen LogP contribution in [0.5, 0.6) is 5.75 Å². The van der Waals surface area contributed by atoms with Crippen LogP contribution in [0.25, 0.3) is 0 Å². The van der Waals surface area contributed by atoms with Crippen LogP contribution in [0.2, 0.25) is 0 Å². The highest BCUT2D eigenvalue weighted by molar-refractivity contribution is 7.89. The first-order chi connectivity index (χ1) is 11.4. The van der Waals surface area contributed by atoms with Crippen LogP contribution in [-0.4, -0.2) is 28.5 Å². The van der Waals surface area contributed by atoms with E-state index in [4.69, 9.17) is 4.74 Å². The van der Waals surface area contributed by atoms with E-state index in [9.17, 15) is 13.2 Å². The lowest BCUT2D eigenvalue weighted by atomic mass is 10.1. The molecule has 6 nitrogen and oxygen atoms in total. The summed E-state index contributed by atoms with van der Waals surface area (Å²) in [7, 11) is -1.04. The molecule has 0 radical (unpaired) electrons. The Kier molecular flexibility index (Phi) is 5.58. The van der Waals surface area contributed by atoms with E-state index in [1.165, 1.54) is 32.4 Å². The molecule has 0 bridgehead atoms. The van der Waals surface area contributed by atoms with Crippen molar-refractivity contribution < 1.29 is 17.9 Å². The van der Waals surface area contributed by atoms with Gasteiger partial charge in [-0.05, 0) is 37.7 Å². The molecule has 0 aliphatic rings. The third kappa shape index (κ3) is 4.12. The molecule has 0 aromatic heterocycles. The van der Waals surface area contributed by atoms with Crippen LogP contribution < -0.4 is 14.8 Å². The lowest BCUT2D eigenvalue weighted by Crippen LogP contribution is -2.24. The van der Waals surface area contributed by atoms with Gasteiger partial charge < -0.3 is 10.1 Å². The molecule has 0 unspecified atom stereocenters. The first-order valence-electron chi connectivity index (χ1n) is 7.32. The zero-order valence-electron chi connectivity index (χ0n) is 13.8. The number of hydrogen-bond donors (Lipinski definition) is 2. The summed E-state index contributed by atoms with van der Waals surface area (Å²) in [5.74, 6) is -0.175. The van der Waals surface area contributed by atoms with Crippen molar-refractivity contribution in [3.8, 4) is 5.75 Å². The highest BCUT2D eigenvalue weighted by Gasteiger charge is 2.20. The van der Waals surface area contributed by atoms with E-state index in [-0.39, 0.29) is 22.1 Å². The molecule has 0 fully saturated rings. The zero-order chi connectivity index (χ0) is 17.7. The molecule has 1 amide bonds. The maximum Gasteiger partial charge on any atom is 0.251 e. The second kappa shape index (κ2) is 7.46. The van der Waals surface area contributed by atoms with Crippen LogP contribution in [0.4, 0.5) is 0 Å². The minimum absolute atomic E-state index is 0.0734. The normalized spacial score (nSPS) is 11.1. The monoisotopic (exact) mass is 348 g/mol. The predicted molar refractivity (Wildman–Crippen MR) is 91.6 cm³/mol. The van der Waals surface area contributed by atoms with E-state index in [2.05, 4.69) is 10.0 Å². The summed E-state index contributed by atoms with van der Waals surface area (Å²) < 4.78 is 31.4. The number of aryl methyl sites for hydroxylation is 1. The standard InChI is InChI=1S/C17H20N2O4S/c1-12-5-4-6-13(9-12)11-19-17(20)14-7-8-15(23-3)16(10-14)24(21,22)18-2/h4-10,18H,11H2,1-3H3,(H,19,20). The van der Waals surface area contributed by atoms with Gasteiger partial charge >= 0.3 is 0 Å². The van der Waals surface area contributed by atoms with E-state index in [0.29, 0.717) is 6.54 Å². The molecule has 0 aliphatic carbocycles. The smallest absolute Gasteiger partial charge is 0.251 e. The second-order valence-corrected chi connectivity index (χ2v) is 7.10. The van der Waals surface area contributed by atoms with Gasteiger partial charge in [-0.25, -0.2) is 13.1 Å². The van der Waals surface area contributed by atoms with Gasteiger partial charge in [0.15, 0.2) is 0 Å². The van der Waals surface area contributed by atoms with Crippen molar-refractivity contribution in [3.05, 3.63) is 59.2 Å². The first kappa shape index (κ1) is 18.0. The number of methoxy groups -OCH3 is 1. The van der Waals surface area contributed by atoms with Crippen LogP contribution in [0.1, 0.15) is 21.5 Å². The van der Waals surface area contributed by atoms with E-state index in [1.807, 2.05) is 31.2 Å². The molecule has 2 N–H and O–H groups in total. The van der Waals surface area contributed by atoms with Crippen LogP contribution in [0.15, 0.2) is 47.4 Å². The molecule has 2 rings (SSSR count). The number of ether oxygens (including phenoxy) is 1. The SMILES string of the molecule is CNS(=O)(=O)c1cc(C(=O)NCc2cccc(C)c2)ccc1OC. The van der Waals surface area contributed by atoms with Crippen molar-refractivity contribution in [1.29, 1.82) is 0 Å². The van der Waals surface area contributed by atoms with Gasteiger partial charge in [-0.15, -0.1) is 0 Å². The third-order valence-corrected chi connectivity index (χ3v) is 4.96. The van der Waals surface area contributed by atoms with Gasteiger partial charge in [0, 0.05) is 12.1 Å². The van der Waals surface area contributed by atoms with E-state index in [0.717, 1.165) is 11.1 Å². The topological polar surface area (TPSA) is 84.5 Å². The number of amides is 1. The fourth-order valence-corrected chi connectivity index (χ4v) is 3.16. The van der Waals surface area contributed by atoms with Gasteiger partial charge in [0.25, 0.3) is 5.91 Å². The molecule has 24 heavy (non-hydrogen) atoms. The summed E-state index contributed by atoms with van der Waals surface area (Å²) in [5, 5.41) is 2.78. The van der Waals surface area contributed by atoms with Crippen molar-refractivity contribution in [2.75, 3.05) is 14.2 Å². The van der Waals surface area contributed by atoms with Crippen molar-refractivity contribution >= 4 is 15.9 Å². The van der Waals surface area contributed by atoms with Gasteiger partial charge in [0.1, 0.15) is 10.6 Å². The Morgan fingerprint density at radius 1 is 1.17 bits per heavy atom. The first-order valence-corrected chi connectivity index (χ1v) is 8.81. The summed E-state index contributed by atoms with van der Waals surface area (Å²) >= 11 is 0. The van der Waals surface area contributed by atoms with Crippen molar-refractivity contribution in [3.63, 3.8) is 0 Å². The Bertz CT molecular complexity index is 847. The molecule has 0 heterocycles. The number of carbonyl (C=O) groups is 1. The van der Waals surface area contributed by atoms with Crippen LogP contribution >= 0.6 is 0 Å². The predicted octanol–water partition coefficient (Wildman–Crippen LogP) is 1.84. The lowest BCUT2D eigenvalue weighted by molar-refractivity contribution is 0.0950. The fraction of sp³-hybridized carbons (Fsp3) is 0.235. The number of rotatable bonds is 6. The van der Waals surface area contributed by atoms with E-state index in [1.54, 1.807) is 0 Å². The van der Waals surface area contributed by atoms with Crippen molar-refractivity contribution in [1.82, 2.24) is 10.0 Å². The molecule has 128 valence electrons. The Morgan fingerprint density at radius 3 is 2.54 bits per heavy atom. The molecule has 7 heteroatoms. The Balaban J connectivity index is 2.22. The van der Waals surface area contributed by atoms with Crippen LogP contribution in [0.3, 0.4) is 0 Å². The maximum atomic E-state index is 12.3. The highest BCUT2D eigenvalue weighted by atomic mass is 32.2. The van der Waals surface area contributed by atoms with Crippen molar-refractivity contribution in [2.24, 2.45) is 0 Å². The Hall–Kier alpha value is -2.38. The van der Waals surface area contributed by atoms with Crippen LogP contribution in [0, 0.1) is 6.92 Å². The molecular formula is C17H20N2O4S. The molecule has 0 aliphatic heterocycles. The van der Waals surface area contributed by atoms with E-state index < -0.39 is 10.0 Å². The van der Waals surface area contributed by atoms with Gasteiger partial charge in [0.2, 0.25) is 10.0 Å². The third-order valence-electron chi connectivity index (χ3n) is 3.52. The molecule has 2 aromatic rings. The molecule has 0 spiro atoms. The summed E-state index contributed by atoms with van der Waals surface area (Å²) in [6, 6.07) is 12.1. The molecule has 0 saturated heterocycles. The minimum atomic E-state index is -3.72. The van der Waals surface area contributed by atoms with Crippen LogP contribution in [-0.2, 0) is 16.6 Å². The molecule has 0 saturated carbocycles. The van der Waals surface area contributed by atoms with E-state index >= 15 is 0 Å². The summed E-state index contributed by atoms with van der Waals surface area (Å²) in [6.45, 7) is 2.34. The number of hydrogen-bond acceptors (Lipinski definition) is 4. The zero-order valence-corrected chi connectivity index (χ0v) is 14.6. The summed E-state index contributed by atoms with van der Waals surface area (Å²) in [5.41, 5.74) is 2.32. The molecular weight excluding hydrogens is 328 g/mol. The minimum Gasteiger partial charge on any atom is -0.495 e. The Labute approximate surface area is 141 Å². The quantitative estimate of drug-likeness (QED) is 0.834. The summed E-state index contributed by atoms with van der Waals surface area (Å²) in [4.78, 5) is 12.2. The van der Waals surface area contributed by atoms with Gasteiger partial charge in [0.05, 0.1) is 7.11 Å². The molecule has 0 atom stereocenters. The lowest BCUT2D eigenvalue weighted by Gasteiger charge is -2.11. The van der Waals surface area contributed by atoms with Crippen molar-refractivity contribution in [2.45, 2.75) is 18.4 Å². The van der Waals surface area contributed by atoms with Gasteiger partial charge in [-0.1, -0.05) is 29.8 Å². The average molecular weight is 348 g/mol. The number of sulfonamides is 1. The Morgan fingerprint density at radius 2 is 1.92 bits per heavy atom. The number of benzene rings is 2. The maximum absolute atomic E-state index is 12.3. The number of nitrogens with one attached hydrogen (secondary N) is 2. The van der Waals surface area contributed by atoms with Gasteiger partial charge in [-0.2, -0.15) is 0 Å². The average Bonchev–Trinajstić information content (AvgIpc) is 2.59. The fourth-order valence-electron chi connectivity index (χ4n) is 2.24.